The van der Waals surface area contributed by atoms with Crippen LogP contribution in [0.2, 0.25) is 0 Å². The van der Waals surface area contributed by atoms with Gasteiger partial charge in [-0.3, -0.25) is 5.32 Å². The number of benzene rings is 2. The molecule has 0 aromatic heterocycles. The van der Waals surface area contributed by atoms with Crippen LogP contribution in [0.1, 0.15) is 12.5 Å². The molecule has 0 heterocycles. The molecule has 2 rings (SSSR count). The van der Waals surface area contributed by atoms with Crippen molar-refractivity contribution < 1.29 is 9.53 Å². The van der Waals surface area contributed by atoms with E-state index in [-0.39, 0.29) is 0 Å². The molecule has 2 aromatic rings. The van der Waals surface area contributed by atoms with E-state index in [0.717, 1.165) is 5.56 Å². The molecular formula is C18H17NO2. The number of nitrogens with one attached hydrogen (secondary N) is 1. The van der Waals surface area contributed by atoms with Crippen LogP contribution < -0.4 is 5.32 Å². The van der Waals surface area contributed by atoms with E-state index >= 15 is 0 Å². The highest BCUT2D eigenvalue weighted by Crippen LogP contribution is 2.09. The van der Waals surface area contributed by atoms with Crippen LogP contribution >= 0.6 is 0 Å². The molecule has 2 aromatic carbocycles. The summed E-state index contributed by atoms with van der Waals surface area (Å²) in [7, 11) is 0. The number of para-hydroxylation sites is 1. The fourth-order valence-corrected chi connectivity index (χ4v) is 1.91. The van der Waals surface area contributed by atoms with Gasteiger partial charge in [0.25, 0.3) is 0 Å². The van der Waals surface area contributed by atoms with Gasteiger partial charge in [0.2, 0.25) is 0 Å². The fraction of sp³-hybridized carbons (Fsp3) is 0.167. The third kappa shape index (κ3) is 5.04. The van der Waals surface area contributed by atoms with E-state index in [1.54, 1.807) is 19.1 Å². The zero-order valence-electron chi connectivity index (χ0n) is 11.9. The second-order valence-corrected chi connectivity index (χ2v) is 4.47. The summed E-state index contributed by atoms with van der Waals surface area (Å²) in [5.74, 6) is 5.72. The molecule has 0 saturated carbocycles. The van der Waals surface area contributed by atoms with E-state index in [1.807, 2.05) is 48.5 Å². The predicted molar refractivity (Wildman–Crippen MR) is 83.9 cm³/mol. The Labute approximate surface area is 125 Å². The maximum Gasteiger partial charge on any atom is 0.412 e. The van der Waals surface area contributed by atoms with Gasteiger partial charge >= 0.3 is 6.09 Å². The van der Waals surface area contributed by atoms with E-state index in [9.17, 15) is 4.79 Å². The average molecular weight is 279 g/mol. The van der Waals surface area contributed by atoms with Crippen LogP contribution in [0.15, 0.2) is 60.7 Å². The third-order valence-electron chi connectivity index (χ3n) is 2.84. The summed E-state index contributed by atoms with van der Waals surface area (Å²) in [6.45, 7) is 1.73. The number of carbonyl (C=O) groups is 1. The van der Waals surface area contributed by atoms with Crippen molar-refractivity contribution in [3.63, 3.8) is 0 Å². The van der Waals surface area contributed by atoms with E-state index < -0.39 is 12.2 Å². The van der Waals surface area contributed by atoms with Crippen LogP contribution in [0.3, 0.4) is 0 Å². The highest BCUT2D eigenvalue weighted by molar-refractivity contribution is 5.84. The maximum absolute atomic E-state index is 11.9. The standard InChI is InChI=1S/C18H17NO2/c1-2-9-17(14-15-10-5-3-6-11-15)21-18(20)19-16-12-7-4-8-13-16/h3-8,10-13,17H,14H2,1H3,(H,19,20)/t17-/m1/s1. The average Bonchev–Trinajstić information content (AvgIpc) is 2.49. The number of hydrogen-bond donors (Lipinski definition) is 1. The molecule has 0 fully saturated rings. The smallest absolute Gasteiger partial charge is 0.412 e. The molecule has 0 aliphatic carbocycles. The molecule has 3 nitrogen and oxygen atoms in total. The minimum absolute atomic E-state index is 0.457. The van der Waals surface area contributed by atoms with Gasteiger partial charge in [-0.05, 0) is 24.6 Å². The Balaban J connectivity index is 1.96. The van der Waals surface area contributed by atoms with E-state index in [0.29, 0.717) is 12.1 Å². The summed E-state index contributed by atoms with van der Waals surface area (Å²) in [5, 5.41) is 2.69. The molecule has 0 spiro atoms. The lowest BCUT2D eigenvalue weighted by molar-refractivity contribution is 0.138. The zero-order chi connectivity index (χ0) is 14.9. The lowest BCUT2D eigenvalue weighted by atomic mass is 10.1. The van der Waals surface area contributed by atoms with Crippen molar-refractivity contribution in [1.29, 1.82) is 0 Å². The van der Waals surface area contributed by atoms with Gasteiger partial charge in [-0.2, -0.15) is 0 Å². The Kier molecular flexibility index (Phi) is 5.42. The molecule has 1 atom stereocenters. The van der Waals surface area contributed by atoms with Crippen LogP contribution in [-0.2, 0) is 11.2 Å². The van der Waals surface area contributed by atoms with Crippen molar-refractivity contribution >= 4 is 11.8 Å². The van der Waals surface area contributed by atoms with Crippen molar-refractivity contribution in [2.45, 2.75) is 19.4 Å². The Morgan fingerprint density at radius 3 is 2.33 bits per heavy atom. The van der Waals surface area contributed by atoms with Crippen LogP contribution in [0.25, 0.3) is 0 Å². The minimum Gasteiger partial charge on any atom is -0.432 e. The molecule has 1 N–H and O–H groups in total. The number of rotatable bonds is 4. The van der Waals surface area contributed by atoms with Crippen molar-refractivity contribution in [2.24, 2.45) is 0 Å². The highest BCUT2D eigenvalue weighted by atomic mass is 16.6. The lowest BCUT2D eigenvalue weighted by Gasteiger charge is -2.13. The third-order valence-corrected chi connectivity index (χ3v) is 2.84. The van der Waals surface area contributed by atoms with E-state index in [1.165, 1.54) is 0 Å². The first kappa shape index (κ1) is 14.7. The van der Waals surface area contributed by atoms with Gasteiger partial charge in [-0.1, -0.05) is 54.5 Å². The van der Waals surface area contributed by atoms with Gasteiger partial charge in [-0.15, -0.1) is 5.92 Å². The summed E-state index contributed by atoms with van der Waals surface area (Å²) in [4.78, 5) is 11.9. The summed E-state index contributed by atoms with van der Waals surface area (Å²) in [6.07, 6.45) is -0.379. The van der Waals surface area contributed by atoms with Crippen LogP contribution in [-0.4, -0.2) is 12.2 Å². The van der Waals surface area contributed by atoms with Crippen molar-refractivity contribution in [2.75, 3.05) is 5.32 Å². The Morgan fingerprint density at radius 2 is 1.71 bits per heavy atom. The Hall–Kier alpha value is -2.73. The first-order chi connectivity index (χ1) is 10.3. The molecule has 0 bridgehead atoms. The number of ether oxygens (including phenoxy) is 1. The SMILES string of the molecule is CC#C[C@H](Cc1ccccc1)OC(=O)Nc1ccccc1. The minimum atomic E-state index is -0.495. The topological polar surface area (TPSA) is 38.3 Å². The van der Waals surface area contributed by atoms with Crippen LogP contribution in [0.5, 0.6) is 0 Å². The molecule has 0 saturated heterocycles. The van der Waals surface area contributed by atoms with E-state index in [4.69, 9.17) is 4.74 Å². The summed E-state index contributed by atoms with van der Waals surface area (Å²) in [6, 6.07) is 19.0. The van der Waals surface area contributed by atoms with Crippen LogP contribution in [0.4, 0.5) is 10.5 Å². The molecule has 106 valence electrons. The van der Waals surface area contributed by atoms with Crippen molar-refractivity contribution in [3.05, 3.63) is 66.2 Å². The number of amides is 1. The maximum atomic E-state index is 11.9. The van der Waals surface area contributed by atoms with Crippen molar-refractivity contribution in [1.82, 2.24) is 0 Å². The summed E-state index contributed by atoms with van der Waals surface area (Å²) in [5.41, 5.74) is 1.78. The lowest BCUT2D eigenvalue weighted by Crippen LogP contribution is -2.23. The van der Waals surface area contributed by atoms with Gasteiger partial charge in [0, 0.05) is 12.1 Å². The number of carbonyl (C=O) groups excluding carboxylic acids is 1. The fourth-order valence-electron chi connectivity index (χ4n) is 1.91. The predicted octanol–water partition coefficient (Wildman–Crippen LogP) is 3.87. The molecule has 21 heavy (non-hydrogen) atoms. The monoisotopic (exact) mass is 279 g/mol. The van der Waals surface area contributed by atoms with Gasteiger partial charge in [0.15, 0.2) is 6.10 Å². The molecule has 0 unspecified atom stereocenters. The normalized spacial score (nSPS) is 10.9. The van der Waals surface area contributed by atoms with Gasteiger partial charge < -0.3 is 4.74 Å². The van der Waals surface area contributed by atoms with E-state index in [2.05, 4.69) is 17.2 Å². The second-order valence-electron chi connectivity index (χ2n) is 4.47. The summed E-state index contributed by atoms with van der Waals surface area (Å²) >= 11 is 0. The number of anilines is 1. The highest BCUT2D eigenvalue weighted by Gasteiger charge is 2.12. The quantitative estimate of drug-likeness (QED) is 0.863. The second kappa shape index (κ2) is 7.76. The van der Waals surface area contributed by atoms with Crippen molar-refractivity contribution in [3.8, 4) is 11.8 Å². The van der Waals surface area contributed by atoms with Gasteiger partial charge in [-0.25, -0.2) is 4.79 Å². The molecule has 0 aliphatic heterocycles. The molecular weight excluding hydrogens is 262 g/mol. The molecule has 1 amide bonds. The van der Waals surface area contributed by atoms with Gasteiger partial charge in [0.05, 0.1) is 0 Å². The molecule has 0 aliphatic rings. The van der Waals surface area contributed by atoms with Gasteiger partial charge in [0.1, 0.15) is 0 Å². The Morgan fingerprint density at radius 1 is 1.10 bits per heavy atom. The van der Waals surface area contributed by atoms with Crippen LogP contribution in [0, 0.1) is 11.8 Å². The Bertz CT molecular complexity index is 627. The largest absolute Gasteiger partial charge is 0.432 e. The first-order valence-electron chi connectivity index (χ1n) is 6.77. The molecule has 0 radical (unpaired) electrons. The zero-order valence-corrected chi connectivity index (χ0v) is 11.9. The summed E-state index contributed by atoms with van der Waals surface area (Å²) < 4.78 is 5.38. The molecule has 3 heteroatoms. The first-order valence-corrected chi connectivity index (χ1v) is 6.77. The number of hydrogen-bond acceptors (Lipinski definition) is 2.